The molecule has 0 rings (SSSR count). The lowest BCUT2D eigenvalue weighted by Gasteiger charge is -2.16. The zero-order valence-electron chi connectivity index (χ0n) is 10.9. The molecule has 0 spiro atoms. The molecule has 3 N–H and O–H groups in total. The van der Waals surface area contributed by atoms with E-state index in [1.54, 1.807) is 0 Å². The molecule has 0 aliphatic carbocycles. The smallest absolute Gasteiger partial charge is 0.236 e. The van der Waals surface area contributed by atoms with Gasteiger partial charge in [-0.1, -0.05) is 20.8 Å². The van der Waals surface area contributed by atoms with Crippen molar-refractivity contribution >= 4 is 5.91 Å². The van der Waals surface area contributed by atoms with E-state index >= 15 is 0 Å². The van der Waals surface area contributed by atoms with Gasteiger partial charge in [0.2, 0.25) is 5.91 Å². The summed E-state index contributed by atoms with van der Waals surface area (Å²) in [5.41, 5.74) is 0. The van der Waals surface area contributed by atoms with E-state index in [0.29, 0.717) is 18.9 Å². The summed E-state index contributed by atoms with van der Waals surface area (Å²) in [7, 11) is 0. The minimum Gasteiger partial charge on any atom is -0.392 e. The van der Waals surface area contributed by atoms with Crippen LogP contribution in [-0.2, 0) is 4.79 Å². The van der Waals surface area contributed by atoms with E-state index in [2.05, 4.69) is 24.5 Å². The van der Waals surface area contributed by atoms with Gasteiger partial charge < -0.3 is 15.7 Å². The number of amides is 1. The lowest BCUT2D eigenvalue weighted by Crippen LogP contribution is -2.45. The number of aliphatic hydroxyl groups is 1. The second-order valence-electron chi connectivity index (χ2n) is 4.67. The number of rotatable bonds is 8. The van der Waals surface area contributed by atoms with Gasteiger partial charge in [0.25, 0.3) is 0 Å². The summed E-state index contributed by atoms with van der Waals surface area (Å²) in [5, 5.41) is 15.2. The average Bonchev–Trinajstić information content (AvgIpc) is 2.24. The van der Waals surface area contributed by atoms with Crippen LogP contribution in [0.25, 0.3) is 0 Å². The average molecular weight is 230 g/mol. The number of hydrogen-bond acceptors (Lipinski definition) is 3. The second kappa shape index (κ2) is 8.53. The Bertz CT molecular complexity index is 195. The molecule has 0 aromatic carbocycles. The molecule has 0 aromatic heterocycles. The molecule has 0 heterocycles. The topological polar surface area (TPSA) is 61.4 Å². The SMILES string of the molecule is CCC(O)CNC(C)C(=O)NCCC(C)C. The largest absolute Gasteiger partial charge is 0.392 e. The first kappa shape index (κ1) is 15.4. The summed E-state index contributed by atoms with van der Waals surface area (Å²) >= 11 is 0. The summed E-state index contributed by atoms with van der Waals surface area (Å²) in [5.74, 6) is 0.606. The molecular formula is C12H26N2O2. The van der Waals surface area contributed by atoms with Crippen molar-refractivity contribution in [2.45, 2.75) is 52.7 Å². The fraction of sp³-hybridized carbons (Fsp3) is 0.917. The van der Waals surface area contributed by atoms with Gasteiger partial charge in [0.1, 0.15) is 0 Å². The van der Waals surface area contributed by atoms with Crippen LogP contribution in [0.15, 0.2) is 0 Å². The van der Waals surface area contributed by atoms with E-state index in [1.165, 1.54) is 0 Å². The predicted octanol–water partition coefficient (Wildman–Crippen LogP) is 0.898. The van der Waals surface area contributed by atoms with Crippen LogP contribution < -0.4 is 10.6 Å². The van der Waals surface area contributed by atoms with Crippen molar-refractivity contribution in [3.05, 3.63) is 0 Å². The zero-order chi connectivity index (χ0) is 12.6. The summed E-state index contributed by atoms with van der Waals surface area (Å²) in [6.07, 6.45) is 1.33. The van der Waals surface area contributed by atoms with Gasteiger partial charge in [0, 0.05) is 13.1 Å². The molecule has 4 heteroatoms. The molecule has 0 aliphatic heterocycles. The first-order chi connectivity index (χ1) is 7.47. The lowest BCUT2D eigenvalue weighted by atomic mass is 10.1. The molecule has 0 aliphatic rings. The van der Waals surface area contributed by atoms with E-state index in [1.807, 2.05) is 13.8 Å². The van der Waals surface area contributed by atoms with Gasteiger partial charge in [-0.15, -0.1) is 0 Å². The van der Waals surface area contributed by atoms with Crippen LogP contribution in [0.2, 0.25) is 0 Å². The molecule has 0 saturated heterocycles. The van der Waals surface area contributed by atoms with Crippen LogP contribution in [0.1, 0.15) is 40.5 Å². The number of carbonyl (C=O) groups is 1. The van der Waals surface area contributed by atoms with Crippen molar-refractivity contribution in [2.75, 3.05) is 13.1 Å². The molecule has 1 amide bonds. The predicted molar refractivity (Wildman–Crippen MR) is 66.2 cm³/mol. The van der Waals surface area contributed by atoms with Crippen LogP contribution >= 0.6 is 0 Å². The van der Waals surface area contributed by atoms with Gasteiger partial charge in [-0.25, -0.2) is 0 Å². The van der Waals surface area contributed by atoms with Gasteiger partial charge in [0.15, 0.2) is 0 Å². The number of hydrogen-bond donors (Lipinski definition) is 3. The Hall–Kier alpha value is -0.610. The standard InChI is InChI=1S/C12H26N2O2/c1-5-11(15)8-14-10(4)12(16)13-7-6-9(2)3/h9-11,14-15H,5-8H2,1-4H3,(H,13,16). The Balaban J connectivity index is 3.65. The Kier molecular flexibility index (Phi) is 8.21. The molecule has 16 heavy (non-hydrogen) atoms. The highest BCUT2D eigenvalue weighted by molar-refractivity contribution is 5.81. The van der Waals surface area contributed by atoms with Crippen molar-refractivity contribution in [3.63, 3.8) is 0 Å². The van der Waals surface area contributed by atoms with Crippen LogP contribution in [0, 0.1) is 5.92 Å². The van der Waals surface area contributed by atoms with Gasteiger partial charge in [-0.3, -0.25) is 4.79 Å². The summed E-state index contributed by atoms with van der Waals surface area (Å²) in [4.78, 5) is 11.6. The monoisotopic (exact) mass is 230 g/mol. The molecule has 0 saturated carbocycles. The maximum Gasteiger partial charge on any atom is 0.236 e. The maximum absolute atomic E-state index is 11.6. The molecule has 4 nitrogen and oxygen atoms in total. The molecule has 0 radical (unpaired) electrons. The van der Waals surface area contributed by atoms with Crippen LogP contribution in [-0.4, -0.2) is 36.2 Å². The van der Waals surface area contributed by atoms with Crippen molar-refractivity contribution < 1.29 is 9.90 Å². The minimum absolute atomic E-state index is 0.00366. The molecule has 0 aromatic rings. The quantitative estimate of drug-likeness (QED) is 0.580. The fourth-order valence-electron chi connectivity index (χ4n) is 1.19. The van der Waals surface area contributed by atoms with E-state index in [4.69, 9.17) is 0 Å². The van der Waals surface area contributed by atoms with Crippen molar-refractivity contribution in [1.29, 1.82) is 0 Å². The molecular weight excluding hydrogens is 204 g/mol. The summed E-state index contributed by atoms with van der Waals surface area (Å²) < 4.78 is 0. The van der Waals surface area contributed by atoms with Crippen molar-refractivity contribution in [1.82, 2.24) is 10.6 Å². The third-order valence-electron chi connectivity index (χ3n) is 2.55. The highest BCUT2D eigenvalue weighted by Crippen LogP contribution is 1.96. The van der Waals surface area contributed by atoms with E-state index in [0.717, 1.165) is 13.0 Å². The van der Waals surface area contributed by atoms with Crippen molar-refractivity contribution in [2.24, 2.45) is 5.92 Å². The first-order valence-corrected chi connectivity index (χ1v) is 6.16. The Morgan fingerprint density at radius 3 is 2.44 bits per heavy atom. The summed E-state index contributed by atoms with van der Waals surface area (Å²) in [6.45, 7) is 9.18. The normalized spacial score (nSPS) is 14.9. The van der Waals surface area contributed by atoms with E-state index < -0.39 is 0 Å². The molecule has 96 valence electrons. The van der Waals surface area contributed by atoms with Crippen LogP contribution in [0.4, 0.5) is 0 Å². The Morgan fingerprint density at radius 1 is 1.31 bits per heavy atom. The highest BCUT2D eigenvalue weighted by Gasteiger charge is 2.12. The Morgan fingerprint density at radius 2 is 1.94 bits per heavy atom. The third kappa shape index (κ3) is 7.65. The molecule has 0 bridgehead atoms. The lowest BCUT2D eigenvalue weighted by molar-refractivity contribution is -0.122. The van der Waals surface area contributed by atoms with Gasteiger partial charge >= 0.3 is 0 Å². The molecule has 2 unspecified atom stereocenters. The van der Waals surface area contributed by atoms with Crippen LogP contribution in [0.5, 0.6) is 0 Å². The second-order valence-corrected chi connectivity index (χ2v) is 4.67. The first-order valence-electron chi connectivity index (χ1n) is 6.16. The third-order valence-corrected chi connectivity index (χ3v) is 2.55. The van der Waals surface area contributed by atoms with Crippen LogP contribution in [0.3, 0.4) is 0 Å². The molecule has 2 atom stereocenters. The van der Waals surface area contributed by atoms with Gasteiger partial charge in [-0.05, 0) is 25.7 Å². The number of aliphatic hydroxyl groups excluding tert-OH is 1. The number of nitrogens with one attached hydrogen (secondary N) is 2. The zero-order valence-corrected chi connectivity index (χ0v) is 10.9. The minimum atomic E-state index is -0.370. The van der Waals surface area contributed by atoms with Gasteiger partial charge in [-0.2, -0.15) is 0 Å². The highest BCUT2D eigenvalue weighted by atomic mass is 16.3. The van der Waals surface area contributed by atoms with E-state index in [9.17, 15) is 9.90 Å². The Labute approximate surface area is 98.8 Å². The van der Waals surface area contributed by atoms with Crippen molar-refractivity contribution in [3.8, 4) is 0 Å². The van der Waals surface area contributed by atoms with Gasteiger partial charge in [0.05, 0.1) is 12.1 Å². The molecule has 0 fully saturated rings. The summed E-state index contributed by atoms with van der Waals surface area (Å²) in [6, 6.07) is -0.242. The number of carbonyl (C=O) groups excluding carboxylic acids is 1. The van der Waals surface area contributed by atoms with E-state index in [-0.39, 0.29) is 18.1 Å². The fourth-order valence-corrected chi connectivity index (χ4v) is 1.19. The maximum atomic E-state index is 11.6.